The first-order valence-corrected chi connectivity index (χ1v) is 11.2. The lowest BCUT2D eigenvalue weighted by molar-refractivity contribution is 0.102. The Kier molecular flexibility index (Phi) is 7.89. The summed E-state index contributed by atoms with van der Waals surface area (Å²) in [4.78, 5) is 12.9. The number of aromatic nitrogens is 4. The second kappa shape index (κ2) is 11.6. The summed E-state index contributed by atoms with van der Waals surface area (Å²) in [5, 5.41) is 17.0. The molecule has 1 amide bonds. The zero-order valence-electron chi connectivity index (χ0n) is 18.8. The first-order chi connectivity index (χ1) is 16.7. The van der Waals surface area contributed by atoms with Crippen molar-refractivity contribution >= 4 is 11.6 Å². The van der Waals surface area contributed by atoms with E-state index in [9.17, 15) is 4.79 Å². The van der Waals surface area contributed by atoms with Gasteiger partial charge >= 0.3 is 0 Å². The number of tetrazole rings is 1. The first kappa shape index (κ1) is 23.0. The number of para-hydroxylation sites is 1. The highest BCUT2D eigenvalue weighted by Crippen LogP contribution is 2.41. The number of unbranched alkanes of at least 4 members (excludes halogenated alkanes) is 2. The summed E-state index contributed by atoms with van der Waals surface area (Å²) in [5.74, 6) is 1.83. The van der Waals surface area contributed by atoms with Gasteiger partial charge in [-0.3, -0.25) is 4.79 Å². The minimum atomic E-state index is -0.439. The van der Waals surface area contributed by atoms with Gasteiger partial charge in [0.2, 0.25) is 5.82 Å². The number of nitrogens with one attached hydrogen (secondary N) is 2. The Morgan fingerprint density at radius 3 is 2.88 bits per heavy atom. The number of rotatable bonds is 10. The van der Waals surface area contributed by atoms with Gasteiger partial charge in [0.15, 0.2) is 17.6 Å². The molecule has 0 radical (unpaired) electrons. The van der Waals surface area contributed by atoms with Gasteiger partial charge in [0.05, 0.1) is 12.3 Å². The van der Waals surface area contributed by atoms with E-state index >= 15 is 0 Å². The van der Waals surface area contributed by atoms with E-state index in [1.54, 1.807) is 42.5 Å². The second-order valence-electron chi connectivity index (χ2n) is 7.63. The molecular formula is C25H27N5O4. The number of hydrogen-bond donors (Lipinski definition) is 2. The number of nitrogens with zero attached hydrogens (tertiary/aromatic N) is 3. The van der Waals surface area contributed by atoms with Crippen molar-refractivity contribution in [2.45, 2.75) is 31.8 Å². The van der Waals surface area contributed by atoms with Gasteiger partial charge in [-0.15, -0.1) is 16.8 Å². The van der Waals surface area contributed by atoms with Crippen LogP contribution in [-0.2, 0) is 0 Å². The molecular weight excluding hydrogens is 434 g/mol. The third kappa shape index (κ3) is 6.00. The van der Waals surface area contributed by atoms with E-state index in [1.165, 1.54) is 0 Å². The molecule has 9 heteroatoms. The summed E-state index contributed by atoms with van der Waals surface area (Å²) in [5.41, 5.74) is 0.994. The highest BCUT2D eigenvalue weighted by molar-refractivity contribution is 6.05. The van der Waals surface area contributed by atoms with Gasteiger partial charge in [-0.05, 0) is 55.7 Å². The molecule has 0 bridgehead atoms. The third-order valence-electron chi connectivity index (χ3n) is 5.18. The van der Waals surface area contributed by atoms with Crippen LogP contribution in [-0.4, -0.2) is 39.7 Å². The topological polar surface area (TPSA) is 111 Å². The van der Waals surface area contributed by atoms with Crippen molar-refractivity contribution in [2.75, 3.05) is 18.5 Å². The maximum Gasteiger partial charge on any atom is 0.255 e. The average Bonchev–Trinajstić information content (AvgIpc) is 3.31. The van der Waals surface area contributed by atoms with E-state index in [0.29, 0.717) is 54.0 Å². The SMILES string of the molecule is C=CCCCC=CCOc1ccc(C(=O)Nc2cccc3c2OC(c2nn[nH]n2)CCO3)cc1. The van der Waals surface area contributed by atoms with E-state index in [-0.39, 0.29) is 5.91 Å². The van der Waals surface area contributed by atoms with Crippen LogP contribution in [0.15, 0.2) is 67.3 Å². The molecule has 1 aliphatic heterocycles. The fourth-order valence-corrected chi connectivity index (χ4v) is 3.42. The van der Waals surface area contributed by atoms with Crippen LogP contribution in [0, 0.1) is 0 Å². The number of ether oxygens (including phenoxy) is 3. The van der Waals surface area contributed by atoms with E-state index in [1.807, 2.05) is 12.2 Å². The van der Waals surface area contributed by atoms with Gasteiger partial charge in [0.1, 0.15) is 12.4 Å². The van der Waals surface area contributed by atoms with Crippen LogP contribution in [0.25, 0.3) is 0 Å². The van der Waals surface area contributed by atoms with Crippen LogP contribution in [0.2, 0.25) is 0 Å². The lowest BCUT2D eigenvalue weighted by Gasteiger charge is -2.16. The molecule has 0 spiro atoms. The second-order valence-corrected chi connectivity index (χ2v) is 7.63. The van der Waals surface area contributed by atoms with Crippen LogP contribution in [0.1, 0.15) is 48.0 Å². The summed E-state index contributed by atoms with van der Waals surface area (Å²) in [6.07, 6.45) is 9.23. The smallest absolute Gasteiger partial charge is 0.255 e. The lowest BCUT2D eigenvalue weighted by atomic mass is 10.2. The Morgan fingerprint density at radius 1 is 1.21 bits per heavy atom. The van der Waals surface area contributed by atoms with Gasteiger partial charge < -0.3 is 19.5 Å². The number of allylic oxidation sites excluding steroid dienone is 2. The Balaban J connectivity index is 1.37. The Morgan fingerprint density at radius 2 is 2.09 bits per heavy atom. The number of carbonyl (C=O) groups is 1. The zero-order chi connectivity index (χ0) is 23.6. The third-order valence-corrected chi connectivity index (χ3v) is 5.18. The molecule has 0 fully saturated rings. The molecule has 0 saturated heterocycles. The number of fused-ring (bicyclic) bond motifs is 1. The fraction of sp³-hybridized carbons (Fsp3) is 0.280. The Labute approximate surface area is 197 Å². The van der Waals surface area contributed by atoms with Crippen molar-refractivity contribution in [2.24, 2.45) is 0 Å². The van der Waals surface area contributed by atoms with Gasteiger partial charge in [-0.2, -0.15) is 5.21 Å². The quantitative estimate of drug-likeness (QED) is 0.334. The monoisotopic (exact) mass is 461 g/mol. The van der Waals surface area contributed by atoms with Crippen LogP contribution < -0.4 is 19.5 Å². The highest BCUT2D eigenvalue weighted by Gasteiger charge is 2.26. The molecule has 1 aromatic heterocycles. The first-order valence-electron chi connectivity index (χ1n) is 11.2. The molecule has 9 nitrogen and oxygen atoms in total. The number of anilines is 1. The van der Waals surface area contributed by atoms with Crippen LogP contribution in [0.5, 0.6) is 17.2 Å². The van der Waals surface area contributed by atoms with Crippen LogP contribution >= 0.6 is 0 Å². The van der Waals surface area contributed by atoms with Gasteiger partial charge in [-0.25, -0.2) is 0 Å². The minimum Gasteiger partial charge on any atom is -0.490 e. The van der Waals surface area contributed by atoms with E-state index < -0.39 is 6.10 Å². The van der Waals surface area contributed by atoms with E-state index in [4.69, 9.17) is 14.2 Å². The Bertz CT molecular complexity index is 1110. The fourth-order valence-electron chi connectivity index (χ4n) is 3.42. The van der Waals surface area contributed by atoms with Crippen LogP contribution in [0.4, 0.5) is 5.69 Å². The van der Waals surface area contributed by atoms with Gasteiger partial charge in [-0.1, -0.05) is 29.5 Å². The summed E-state index contributed by atoms with van der Waals surface area (Å²) >= 11 is 0. The molecule has 1 atom stereocenters. The maximum absolute atomic E-state index is 12.9. The Hall–Kier alpha value is -4.14. The summed E-state index contributed by atoms with van der Waals surface area (Å²) in [6, 6.07) is 12.4. The van der Waals surface area contributed by atoms with Crippen molar-refractivity contribution in [3.05, 3.63) is 78.7 Å². The maximum atomic E-state index is 12.9. The average molecular weight is 462 g/mol. The number of carbonyl (C=O) groups excluding carboxylic acids is 1. The molecule has 34 heavy (non-hydrogen) atoms. The van der Waals surface area contributed by atoms with Crippen molar-refractivity contribution in [1.29, 1.82) is 0 Å². The largest absolute Gasteiger partial charge is 0.490 e. The predicted octanol–water partition coefficient (Wildman–Crippen LogP) is 4.65. The van der Waals surface area contributed by atoms with Crippen molar-refractivity contribution in [1.82, 2.24) is 20.6 Å². The summed E-state index contributed by atoms with van der Waals surface area (Å²) in [7, 11) is 0. The number of amides is 1. The number of aromatic amines is 1. The van der Waals surface area contributed by atoms with Gasteiger partial charge in [0.25, 0.3) is 5.91 Å². The molecule has 2 aromatic carbocycles. The minimum absolute atomic E-state index is 0.272. The lowest BCUT2D eigenvalue weighted by Crippen LogP contribution is -2.14. The highest BCUT2D eigenvalue weighted by atomic mass is 16.5. The van der Waals surface area contributed by atoms with Crippen molar-refractivity contribution < 1.29 is 19.0 Å². The zero-order valence-corrected chi connectivity index (χ0v) is 18.8. The van der Waals surface area contributed by atoms with Gasteiger partial charge in [0, 0.05) is 12.0 Å². The van der Waals surface area contributed by atoms with Crippen molar-refractivity contribution in [3.8, 4) is 17.2 Å². The molecule has 2 N–H and O–H groups in total. The number of hydrogen-bond acceptors (Lipinski definition) is 7. The van der Waals surface area contributed by atoms with Crippen LogP contribution in [0.3, 0.4) is 0 Å². The standard InChI is InChI=1S/C25H27N5O4/c1-2-3-4-5-6-7-16-32-19-13-11-18(12-14-19)25(31)26-20-9-8-10-21-23(20)34-22(15-17-33-21)24-27-29-30-28-24/h2,6-14,22H,1,3-5,15-17H2,(H,26,31)(H,27,28,29,30). The molecule has 0 aliphatic carbocycles. The van der Waals surface area contributed by atoms with E-state index in [2.05, 4.69) is 38.6 Å². The summed E-state index contributed by atoms with van der Waals surface area (Å²) in [6.45, 7) is 4.62. The molecule has 1 aliphatic rings. The molecule has 2 heterocycles. The molecule has 176 valence electrons. The molecule has 0 saturated carbocycles. The normalized spacial score (nSPS) is 15.0. The number of H-pyrrole nitrogens is 1. The number of benzene rings is 2. The summed E-state index contributed by atoms with van der Waals surface area (Å²) < 4.78 is 17.6. The molecule has 3 aromatic rings. The predicted molar refractivity (Wildman–Crippen MR) is 127 cm³/mol. The van der Waals surface area contributed by atoms with Crippen molar-refractivity contribution in [3.63, 3.8) is 0 Å². The van der Waals surface area contributed by atoms with E-state index in [0.717, 1.165) is 19.3 Å². The molecule has 4 rings (SSSR count). The molecule has 1 unspecified atom stereocenters.